The van der Waals surface area contributed by atoms with Crippen molar-refractivity contribution >= 4 is 11.8 Å². The highest BCUT2D eigenvalue weighted by atomic mass is 16.5. The van der Waals surface area contributed by atoms with E-state index in [1.165, 1.54) is 11.1 Å². The molecule has 1 spiro atoms. The van der Waals surface area contributed by atoms with Crippen LogP contribution < -0.4 is 5.32 Å². The minimum atomic E-state index is -0.660. The number of nitrogens with one attached hydrogen (secondary N) is 1. The minimum Gasteiger partial charge on any atom is -0.360 e. The largest absolute Gasteiger partial charge is 0.360 e. The number of fused-ring (bicyclic) bond motifs is 1. The standard InChI is InChI=1S/C25H27N3O3/c1-4-28-14-25-10-7-19(31-25)20(21(25)24(28)30)23(29)27-22(17-8-11-26-12-9-17)18-6-5-15(2)16(3)13-18/h5-13,19-22H,4,14H2,1-3H3,(H,27,29)/t19-,20+,21+,22+,25-/m1/s1. The molecule has 5 atom stereocenters. The Morgan fingerprint density at radius 1 is 1.23 bits per heavy atom. The SMILES string of the molecule is CCN1C[C@@]23C=C[C@@H](O2)[C@H](C(=O)N[C@@H](c2ccncc2)c2ccc(C)c(C)c2)[C@H]3C1=O. The van der Waals surface area contributed by atoms with Crippen molar-refractivity contribution in [3.05, 3.63) is 77.1 Å². The molecule has 2 bridgehead atoms. The lowest BCUT2D eigenvalue weighted by Crippen LogP contribution is -2.45. The predicted octanol–water partition coefficient (Wildman–Crippen LogP) is 2.71. The first-order valence-electron chi connectivity index (χ1n) is 10.9. The van der Waals surface area contributed by atoms with Crippen LogP contribution in [0.2, 0.25) is 0 Å². The Bertz CT molecular complexity index is 1070. The first-order valence-corrected chi connectivity index (χ1v) is 10.9. The van der Waals surface area contributed by atoms with Crippen LogP contribution in [0.4, 0.5) is 0 Å². The fraction of sp³-hybridized carbons (Fsp3) is 0.400. The first kappa shape index (κ1) is 19.9. The summed E-state index contributed by atoms with van der Waals surface area (Å²) < 4.78 is 6.20. The number of hydrogen-bond donors (Lipinski definition) is 1. The molecule has 31 heavy (non-hydrogen) atoms. The summed E-state index contributed by atoms with van der Waals surface area (Å²) in [6, 6.07) is 9.73. The van der Waals surface area contributed by atoms with Crippen LogP contribution in [0.5, 0.6) is 0 Å². The summed E-state index contributed by atoms with van der Waals surface area (Å²) in [5, 5.41) is 3.23. The van der Waals surface area contributed by atoms with E-state index in [1.54, 1.807) is 17.3 Å². The fourth-order valence-corrected chi connectivity index (χ4v) is 5.24. The van der Waals surface area contributed by atoms with E-state index in [0.717, 1.165) is 11.1 Å². The number of benzene rings is 1. The summed E-state index contributed by atoms with van der Waals surface area (Å²) in [7, 11) is 0. The molecule has 2 aromatic rings. The molecule has 2 fully saturated rings. The van der Waals surface area contributed by atoms with E-state index in [2.05, 4.69) is 36.3 Å². The molecule has 0 saturated carbocycles. The zero-order chi connectivity index (χ0) is 21.8. The molecule has 3 aliphatic heterocycles. The molecule has 3 aliphatic rings. The molecule has 1 N–H and O–H groups in total. The van der Waals surface area contributed by atoms with Crippen molar-refractivity contribution in [1.29, 1.82) is 0 Å². The van der Waals surface area contributed by atoms with Crippen molar-refractivity contribution in [3.8, 4) is 0 Å². The maximum atomic E-state index is 13.6. The Labute approximate surface area is 182 Å². The Morgan fingerprint density at radius 3 is 2.71 bits per heavy atom. The normalized spacial score (nSPS) is 29.3. The first-order chi connectivity index (χ1) is 14.9. The van der Waals surface area contributed by atoms with Crippen molar-refractivity contribution in [3.63, 3.8) is 0 Å². The second-order valence-corrected chi connectivity index (χ2v) is 8.82. The van der Waals surface area contributed by atoms with Crippen LogP contribution in [0.1, 0.15) is 35.2 Å². The lowest BCUT2D eigenvalue weighted by Gasteiger charge is -2.27. The van der Waals surface area contributed by atoms with Crippen molar-refractivity contribution in [2.75, 3.05) is 13.1 Å². The van der Waals surface area contributed by atoms with Gasteiger partial charge in [0.15, 0.2) is 0 Å². The number of carbonyl (C=O) groups excluding carboxylic acids is 2. The van der Waals surface area contributed by atoms with Crippen molar-refractivity contribution in [1.82, 2.24) is 15.2 Å². The molecule has 0 aliphatic carbocycles. The number of aryl methyl sites for hydroxylation is 2. The van der Waals surface area contributed by atoms with Gasteiger partial charge in [-0.2, -0.15) is 0 Å². The van der Waals surface area contributed by atoms with Crippen LogP contribution >= 0.6 is 0 Å². The van der Waals surface area contributed by atoms with Crippen LogP contribution in [0.3, 0.4) is 0 Å². The summed E-state index contributed by atoms with van der Waals surface area (Å²) in [4.78, 5) is 32.6. The molecular weight excluding hydrogens is 390 g/mol. The number of likely N-dealkylation sites (tertiary alicyclic amines) is 1. The number of hydrogen-bond acceptors (Lipinski definition) is 4. The van der Waals surface area contributed by atoms with E-state index in [0.29, 0.717) is 13.1 Å². The smallest absolute Gasteiger partial charge is 0.230 e. The number of carbonyl (C=O) groups is 2. The van der Waals surface area contributed by atoms with Crippen molar-refractivity contribution in [2.45, 2.75) is 38.5 Å². The highest BCUT2D eigenvalue weighted by Gasteiger charge is 2.66. The van der Waals surface area contributed by atoms with Gasteiger partial charge in [0.05, 0.1) is 30.5 Å². The monoisotopic (exact) mass is 417 g/mol. The molecule has 0 radical (unpaired) electrons. The van der Waals surface area contributed by atoms with Gasteiger partial charge in [0.2, 0.25) is 11.8 Å². The zero-order valence-corrected chi connectivity index (χ0v) is 18.0. The summed E-state index contributed by atoms with van der Waals surface area (Å²) in [6.07, 6.45) is 7.04. The maximum Gasteiger partial charge on any atom is 0.230 e. The van der Waals surface area contributed by atoms with E-state index in [4.69, 9.17) is 4.74 Å². The third kappa shape index (κ3) is 3.08. The van der Waals surface area contributed by atoms with Crippen LogP contribution in [-0.2, 0) is 14.3 Å². The molecular formula is C25H27N3O3. The summed E-state index contributed by atoms with van der Waals surface area (Å²) in [5.74, 6) is -1.11. The van der Waals surface area contributed by atoms with Crippen LogP contribution in [0, 0.1) is 25.7 Å². The average molecular weight is 418 g/mol. The van der Waals surface area contributed by atoms with Gasteiger partial charge in [-0.25, -0.2) is 0 Å². The van der Waals surface area contributed by atoms with Crippen molar-refractivity contribution in [2.24, 2.45) is 11.8 Å². The van der Waals surface area contributed by atoms with Gasteiger partial charge in [-0.1, -0.05) is 30.4 Å². The molecule has 1 aromatic carbocycles. The molecule has 2 amide bonds. The van der Waals surface area contributed by atoms with E-state index < -0.39 is 17.4 Å². The lowest BCUT2D eigenvalue weighted by atomic mass is 9.76. The number of pyridine rings is 1. The molecule has 0 unspecified atom stereocenters. The quantitative estimate of drug-likeness (QED) is 0.760. The summed E-state index contributed by atoms with van der Waals surface area (Å²) in [6.45, 7) is 7.24. The van der Waals surface area contributed by atoms with Gasteiger partial charge in [0, 0.05) is 18.9 Å². The van der Waals surface area contributed by atoms with Gasteiger partial charge in [-0.05, 0) is 55.2 Å². The van der Waals surface area contributed by atoms with Crippen LogP contribution in [0.15, 0.2) is 54.9 Å². The van der Waals surface area contributed by atoms with Gasteiger partial charge >= 0.3 is 0 Å². The summed E-state index contributed by atoms with van der Waals surface area (Å²) >= 11 is 0. The zero-order valence-electron chi connectivity index (χ0n) is 18.0. The fourth-order valence-electron chi connectivity index (χ4n) is 5.24. The molecule has 1 aromatic heterocycles. The van der Waals surface area contributed by atoms with Gasteiger partial charge < -0.3 is 15.0 Å². The average Bonchev–Trinajstić information content (AvgIpc) is 3.42. The molecule has 160 valence electrons. The Morgan fingerprint density at radius 2 is 2.00 bits per heavy atom. The molecule has 6 nitrogen and oxygen atoms in total. The van der Waals surface area contributed by atoms with E-state index in [-0.39, 0.29) is 24.0 Å². The third-order valence-electron chi connectivity index (χ3n) is 7.05. The molecule has 4 heterocycles. The van der Waals surface area contributed by atoms with Gasteiger partial charge in [0.1, 0.15) is 5.60 Å². The topological polar surface area (TPSA) is 71.5 Å². The number of nitrogens with zero attached hydrogens (tertiary/aromatic N) is 2. The van der Waals surface area contributed by atoms with E-state index in [9.17, 15) is 9.59 Å². The maximum absolute atomic E-state index is 13.6. The Kier molecular flexibility index (Phi) is 4.70. The second kappa shape index (κ2) is 7.31. The van der Waals surface area contributed by atoms with Crippen LogP contribution in [-0.4, -0.2) is 46.5 Å². The number of amides is 2. The highest BCUT2D eigenvalue weighted by Crippen LogP contribution is 2.52. The van der Waals surface area contributed by atoms with E-state index >= 15 is 0 Å². The van der Waals surface area contributed by atoms with E-state index in [1.807, 2.05) is 37.3 Å². The van der Waals surface area contributed by atoms with Gasteiger partial charge in [0.25, 0.3) is 0 Å². The number of rotatable bonds is 5. The van der Waals surface area contributed by atoms with Crippen molar-refractivity contribution < 1.29 is 14.3 Å². The number of likely N-dealkylation sites (N-methyl/N-ethyl adjacent to an activating group) is 1. The highest BCUT2D eigenvalue weighted by molar-refractivity contribution is 5.93. The lowest BCUT2D eigenvalue weighted by molar-refractivity contribution is -0.137. The molecule has 2 saturated heterocycles. The Balaban J connectivity index is 1.47. The molecule has 6 heteroatoms. The van der Waals surface area contributed by atoms with Crippen LogP contribution in [0.25, 0.3) is 0 Å². The Hall–Kier alpha value is -2.99. The summed E-state index contributed by atoms with van der Waals surface area (Å²) in [5.41, 5.74) is 3.67. The van der Waals surface area contributed by atoms with Gasteiger partial charge in [-0.15, -0.1) is 0 Å². The number of aromatic nitrogens is 1. The minimum absolute atomic E-state index is 0.0149. The third-order valence-corrected chi connectivity index (χ3v) is 7.05. The second-order valence-electron chi connectivity index (χ2n) is 8.82. The number of ether oxygens (including phenoxy) is 1. The predicted molar refractivity (Wildman–Crippen MR) is 116 cm³/mol. The molecule has 5 rings (SSSR count). The van der Waals surface area contributed by atoms with Gasteiger partial charge in [-0.3, -0.25) is 14.6 Å².